The molecule has 1 aliphatic rings. The van der Waals surface area contributed by atoms with Gasteiger partial charge in [0.1, 0.15) is 0 Å². The van der Waals surface area contributed by atoms with E-state index in [-0.39, 0.29) is 17.4 Å². The number of esters is 1. The van der Waals surface area contributed by atoms with E-state index < -0.39 is 0 Å². The van der Waals surface area contributed by atoms with Crippen molar-refractivity contribution in [2.75, 3.05) is 13.3 Å². The number of carbonyl (C=O) groups excluding carboxylic acids is 1. The summed E-state index contributed by atoms with van der Waals surface area (Å²) >= 11 is 0. The standard InChI is InChI=1S/C11H21O3P/c1-4-7-11(2,15-3)10(12)14-9-6-5-8-13-9/h9,15H,4-8H2,1-3H3. The molecule has 0 bridgehead atoms. The summed E-state index contributed by atoms with van der Waals surface area (Å²) in [6.07, 6.45) is 3.47. The molecule has 1 saturated heterocycles. The zero-order chi connectivity index (χ0) is 11.3. The average Bonchev–Trinajstić information content (AvgIpc) is 2.70. The van der Waals surface area contributed by atoms with Crippen molar-refractivity contribution in [2.45, 2.75) is 51.0 Å². The lowest BCUT2D eigenvalue weighted by molar-refractivity contribution is -0.172. The minimum absolute atomic E-state index is 0.0860. The fraction of sp³-hybridized carbons (Fsp3) is 0.909. The smallest absolute Gasteiger partial charge is 0.318 e. The van der Waals surface area contributed by atoms with E-state index in [1.54, 1.807) is 0 Å². The topological polar surface area (TPSA) is 35.5 Å². The highest BCUT2D eigenvalue weighted by Gasteiger charge is 2.34. The third-order valence-corrected chi connectivity index (χ3v) is 4.44. The highest BCUT2D eigenvalue weighted by Crippen LogP contribution is 2.35. The van der Waals surface area contributed by atoms with Gasteiger partial charge in [0.2, 0.25) is 6.29 Å². The Morgan fingerprint density at radius 2 is 2.40 bits per heavy atom. The summed E-state index contributed by atoms with van der Waals surface area (Å²) in [5.41, 5.74) is 0. The quantitative estimate of drug-likeness (QED) is 0.539. The molecule has 3 nitrogen and oxygen atoms in total. The molecule has 1 fully saturated rings. The lowest BCUT2D eigenvalue weighted by Gasteiger charge is -2.26. The molecule has 0 aromatic heterocycles. The van der Waals surface area contributed by atoms with Crippen molar-refractivity contribution in [1.29, 1.82) is 0 Å². The molecule has 0 saturated carbocycles. The van der Waals surface area contributed by atoms with Gasteiger partial charge in [-0.05, 0) is 26.4 Å². The van der Waals surface area contributed by atoms with Crippen LogP contribution in [0.5, 0.6) is 0 Å². The normalized spacial score (nSPS) is 25.7. The number of ether oxygens (including phenoxy) is 2. The van der Waals surface area contributed by atoms with Gasteiger partial charge in [-0.1, -0.05) is 13.3 Å². The van der Waals surface area contributed by atoms with E-state index in [0.29, 0.717) is 8.58 Å². The Morgan fingerprint density at radius 1 is 1.67 bits per heavy atom. The van der Waals surface area contributed by atoms with Crippen LogP contribution in [0.4, 0.5) is 0 Å². The molecule has 1 heterocycles. The SMILES string of the molecule is CCCC(C)(PC)C(=O)OC1CCCO1. The molecule has 0 radical (unpaired) electrons. The minimum atomic E-state index is -0.305. The molecule has 3 unspecified atom stereocenters. The van der Waals surface area contributed by atoms with E-state index in [4.69, 9.17) is 9.47 Å². The average molecular weight is 232 g/mol. The van der Waals surface area contributed by atoms with Crippen molar-refractivity contribution >= 4 is 14.6 Å². The van der Waals surface area contributed by atoms with E-state index in [0.717, 1.165) is 32.3 Å². The number of hydrogen-bond donors (Lipinski definition) is 0. The molecule has 88 valence electrons. The van der Waals surface area contributed by atoms with Crippen LogP contribution in [0.2, 0.25) is 0 Å². The van der Waals surface area contributed by atoms with E-state index in [9.17, 15) is 4.79 Å². The van der Waals surface area contributed by atoms with E-state index in [2.05, 4.69) is 13.6 Å². The van der Waals surface area contributed by atoms with E-state index in [1.807, 2.05) is 6.92 Å². The fourth-order valence-corrected chi connectivity index (χ4v) is 2.48. The lowest BCUT2D eigenvalue weighted by atomic mass is 10.1. The molecule has 0 N–H and O–H groups in total. The van der Waals surface area contributed by atoms with Gasteiger partial charge in [0.25, 0.3) is 0 Å². The Balaban J connectivity index is 2.48. The summed E-state index contributed by atoms with van der Waals surface area (Å²) in [7, 11) is 0.582. The first-order valence-corrected chi connectivity index (χ1v) is 7.14. The molecule has 4 heteroatoms. The van der Waals surface area contributed by atoms with Crippen molar-refractivity contribution in [3.8, 4) is 0 Å². The van der Waals surface area contributed by atoms with Crippen LogP contribution < -0.4 is 0 Å². The minimum Gasteiger partial charge on any atom is -0.435 e. The first-order valence-electron chi connectivity index (χ1n) is 5.64. The highest BCUT2D eigenvalue weighted by molar-refractivity contribution is 7.40. The first-order chi connectivity index (χ1) is 7.12. The second-order valence-corrected chi connectivity index (χ2v) is 5.78. The summed E-state index contributed by atoms with van der Waals surface area (Å²) in [6.45, 7) is 6.87. The Bertz CT molecular complexity index is 214. The first kappa shape index (κ1) is 12.9. The largest absolute Gasteiger partial charge is 0.435 e. The molecule has 0 aromatic carbocycles. The molecule has 0 aromatic rings. The maximum atomic E-state index is 11.9. The zero-order valence-corrected chi connectivity index (χ0v) is 10.8. The van der Waals surface area contributed by atoms with Crippen LogP contribution in [0.25, 0.3) is 0 Å². The lowest BCUT2D eigenvalue weighted by Crippen LogP contribution is -2.35. The fourth-order valence-electron chi connectivity index (χ4n) is 1.72. The molecule has 1 rings (SSSR count). The molecule has 0 spiro atoms. The molecule has 15 heavy (non-hydrogen) atoms. The third kappa shape index (κ3) is 3.42. The van der Waals surface area contributed by atoms with Gasteiger partial charge in [-0.25, -0.2) is 0 Å². The molecule has 0 amide bonds. The Morgan fingerprint density at radius 3 is 2.87 bits per heavy atom. The van der Waals surface area contributed by atoms with Crippen LogP contribution in [0.15, 0.2) is 0 Å². The summed E-state index contributed by atoms with van der Waals surface area (Å²) in [4.78, 5) is 11.9. The Hall–Kier alpha value is -0.140. The summed E-state index contributed by atoms with van der Waals surface area (Å²) in [5.74, 6) is -0.0860. The number of hydrogen-bond acceptors (Lipinski definition) is 3. The molecular formula is C11H21O3P. The van der Waals surface area contributed by atoms with Gasteiger partial charge in [0.15, 0.2) is 0 Å². The van der Waals surface area contributed by atoms with E-state index >= 15 is 0 Å². The monoisotopic (exact) mass is 232 g/mol. The Kier molecular flexibility index (Phi) is 5.01. The molecule has 0 aliphatic carbocycles. The number of carbonyl (C=O) groups is 1. The zero-order valence-electron chi connectivity index (χ0n) is 9.84. The Labute approximate surface area is 93.7 Å². The predicted molar refractivity (Wildman–Crippen MR) is 62.6 cm³/mol. The van der Waals surface area contributed by atoms with Gasteiger partial charge in [0, 0.05) is 6.42 Å². The van der Waals surface area contributed by atoms with Crippen LogP contribution in [0.3, 0.4) is 0 Å². The van der Waals surface area contributed by atoms with Crippen molar-refractivity contribution < 1.29 is 14.3 Å². The van der Waals surface area contributed by atoms with Crippen molar-refractivity contribution in [3.63, 3.8) is 0 Å². The van der Waals surface area contributed by atoms with Crippen molar-refractivity contribution in [2.24, 2.45) is 0 Å². The second-order valence-electron chi connectivity index (χ2n) is 4.18. The van der Waals surface area contributed by atoms with Gasteiger partial charge in [-0.2, -0.15) is 0 Å². The maximum Gasteiger partial charge on any atom is 0.318 e. The van der Waals surface area contributed by atoms with E-state index in [1.165, 1.54) is 0 Å². The predicted octanol–water partition coefficient (Wildman–Crippen LogP) is 2.53. The van der Waals surface area contributed by atoms with Crippen LogP contribution >= 0.6 is 8.58 Å². The van der Waals surface area contributed by atoms with Crippen LogP contribution in [0, 0.1) is 0 Å². The van der Waals surface area contributed by atoms with Crippen LogP contribution in [-0.4, -0.2) is 30.7 Å². The van der Waals surface area contributed by atoms with Crippen LogP contribution in [0.1, 0.15) is 39.5 Å². The van der Waals surface area contributed by atoms with Gasteiger partial charge in [-0.3, -0.25) is 4.79 Å². The van der Waals surface area contributed by atoms with Gasteiger partial charge < -0.3 is 9.47 Å². The second kappa shape index (κ2) is 5.81. The molecule has 1 aliphatic heterocycles. The maximum absolute atomic E-state index is 11.9. The number of rotatable bonds is 5. The highest BCUT2D eigenvalue weighted by atomic mass is 31.1. The van der Waals surface area contributed by atoms with Crippen molar-refractivity contribution in [1.82, 2.24) is 0 Å². The third-order valence-electron chi connectivity index (χ3n) is 2.88. The van der Waals surface area contributed by atoms with Gasteiger partial charge >= 0.3 is 5.97 Å². The molecule has 3 atom stereocenters. The summed E-state index contributed by atoms with van der Waals surface area (Å²) < 4.78 is 10.7. The van der Waals surface area contributed by atoms with Gasteiger partial charge in [-0.15, -0.1) is 8.58 Å². The summed E-state index contributed by atoms with van der Waals surface area (Å²) in [6, 6.07) is 0. The van der Waals surface area contributed by atoms with Crippen molar-refractivity contribution in [3.05, 3.63) is 0 Å². The summed E-state index contributed by atoms with van der Waals surface area (Å²) in [5, 5.41) is -0.305. The molecular weight excluding hydrogens is 211 g/mol. The van der Waals surface area contributed by atoms with Crippen LogP contribution in [-0.2, 0) is 14.3 Å². The van der Waals surface area contributed by atoms with Gasteiger partial charge in [0.05, 0.1) is 11.8 Å².